The molecular weight excluding hydrogens is 287 g/mol. The summed E-state index contributed by atoms with van der Waals surface area (Å²) >= 11 is 4.73. The molecule has 1 aromatic rings. The van der Waals surface area contributed by atoms with E-state index >= 15 is 0 Å². The standard InChI is InChI=1S/C12H17FN2O2S2/c1-8-6-10(13)7-9(2)12(8)19(16,17)15(3)5-4-11(14)18/h6-7H,4-5H2,1-3H3,(H2,14,18). The number of sulfonamides is 1. The zero-order valence-electron chi connectivity index (χ0n) is 11.1. The molecule has 0 bridgehead atoms. The van der Waals surface area contributed by atoms with Crippen molar-refractivity contribution < 1.29 is 12.8 Å². The molecule has 0 aliphatic carbocycles. The Morgan fingerprint density at radius 1 is 1.37 bits per heavy atom. The normalized spacial score (nSPS) is 11.8. The van der Waals surface area contributed by atoms with E-state index in [4.69, 9.17) is 18.0 Å². The summed E-state index contributed by atoms with van der Waals surface area (Å²) in [4.78, 5) is 0.397. The van der Waals surface area contributed by atoms with Crippen LogP contribution in [0.15, 0.2) is 17.0 Å². The Balaban J connectivity index is 3.17. The highest BCUT2D eigenvalue weighted by atomic mass is 32.2. The number of halogens is 1. The minimum Gasteiger partial charge on any atom is -0.393 e. The lowest BCUT2D eigenvalue weighted by molar-refractivity contribution is 0.477. The third-order valence-electron chi connectivity index (χ3n) is 2.77. The van der Waals surface area contributed by atoms with E-state index in [1.54, 1.807) is 13.8 Å². The van der Waals surface area contributed by atoms with Crippen LogP contribution in [0.4, 0.5) is 4.39 Å². The van der Waals surface area contributed by atoms with Gasteiger partial charge in [-0.2, -0.15) is 0 Å². The summed E-state index contributed by atoms with van der Waals surface area (Å²) in [7, 11) is -2.21. The number of rotatable bonds is 5. The minimum absolute atomic E-state index is 0.138. The maximum atomic E-state index is 13.2. The van der Waals surface area contributed by atoms with Crippen molar-refractivity contribution in [1.29, 1.82) is 0 Å². The van der Waals surface area contributed by atoms with Crippen LogP contribution in [0.5, 0.6) is 0 Å². The minimum atomic E-state index is -3.66. The largest absolute Gasteiger partial charge is 0.393 e. The number of hydrogen-bond donors (Lipinski definition) is 1. The smallest absolute Gasteiger partial charge is 0.243 e. The summed E-state index contributed by atoms with van der Waals surface area (Å²) in [6.45, 7) is 3.35. The van der Waals surface area contributed by atoms with Gasteiger partial charge in [0.05, 0.1) is 9.88 Å². The van der Waals surface area contributed by atoms with Crippen molar-refractivity contribution in [2.45, 2.75) is 25.2 Å². The molecule has 0 unspecified atom stereocenters. The number of hydrogen-bond acceptors (Lipinski definition) is 3. The molecule has 106 valence electrons. The van der Waals surface area contributed by atoms with Crippen molar-refractivity contribution in [3.63, 3.8) is 0 Å². The fourth-order valence-corrected chi connectivity index (χ4v) is 3.51. The van der Waals surface area contributed by atoms with Gasteiger partial charge in [-0.1, -0.05) is 12.2 Å². The van der Waals surface area contributed by atoms with Crippen LogP contribution >= 0.6 is 12.2 Å². The SMILES string of the molecule is Cc1cc(F)cc(C)c1S(=O)(=O)N(C)CCC(N)=S. The average molecular weight is 304 g/mol. The van der Waals surface area contributed by atoms with Crippen molar-refractivity contribution >= 4 is 27.2 Å². The molecule has 0 fully saturated rings. The molecule has 0 aromatic heterocycles. The molecule has 0 aliphatic rings. The van der Waals surface area contributed by atoms with Crippen LogP contribution in [0, 0.1) is 19.7 Å². The summed E-state index contributed by atoms with van der Waals surface area (Å²) in [5.41, 5.74) is 6.14. The van der Waals surface area contributed by atoms with Crippen LogP contribution < -0.4 is 5.73 Å². The Hall–Kier alpha value is -1.05. The third kappa shape index (κ3) is 3.71. The molecule has 0 radical (unpaired) electrons. The molecule has 0 heterocycles. The summed E-state index contributed by atoms with van der Waals surface area (Å²) in [5.74, 6) is -0.445. The fourth-order valence-electron chi connectivity index (χ4n) is 1.85. The maximum absolute atomic E-state index is 13.2. The molecule has 0 amide bonds. The Morgan fingerprint density at radius 3 is 2.26 bits per heavy atom. The molecular formula is C12H17FN2O2S2. The Labute approximate surface area is 118 Å². The first-order valence-electron chi connectivity index (χ1n) is 5.67. The van der Waals surface area contributed by atoms with E-state index in [2.05, 4.69) is 0 Å². The van der Waals surface area contributed by atoms with Gasteiger partial charge in [0.25, 0.3) is 0 Å². The van der Waals surface area contributed by atoms with Crippen LogP contribution in [-0.4, -0.2) is 31.3 Å². The highest BCUT2D eigenvalue weighted by Crippen LogP contribution is 2.24. The van der Waals surface area contributed by atoms with Gasteiger partial charge in [0.1, 0.15) is 5.82 Å². The van der Waals surface area contributed by atoms with Crippen molar-refractivity contribution in [3.05, 3.63) is 29.1 Å². The molecule has 0 saturated heterocycles. The second-order valence-corrected chi connectivity index (χ2v) is 6.92. The van der Waals surface area contributed by atoms with E-state index in [-0.39, 0.29) is 16.4 Å². The van der Waals surface area contributed by atoms with Crippen molar-refractivity contribution in [3.8, 4) is 0 Å². The molecule has 0 saturated carbocycles. The number of benzene rings is 1. The molecule has 4 nitrogen and oxygen atoms in total. The molecule has 7 heteroatoms. The summed E-state index contributed by atoms with van der Waals surface area (Å²) in [6, 6.07) is 2.42. The quantitative estimate of drug-likeness (QED) is 0.842. The second kappa shape index (κ2) is 5.94. The number of nitrogens with two attached hydrogens (primary N) is 1. The predicted octanol–water partition coefficient (Wildman–Crippen LogP) is 1.74. The van der Waals surface area contributed by atoms with Gasteiger partial charge in [-0.3, -0.25) is 0 Å². The van der Waals surface area contributed by atoms with Crippen molar-refractivity contribution in [1.82, 2.24) is 4.31 Å². The van der Waals surface area contributed by atoms with Crippen LogP contribution in [-0.2, 0) is 10.0 Å². The van der Waals surface area contributed by atoms with Gasteiger partial charge in [0.15, 0.2) is 0 Å². The van der Waals surface area contributed by atoms with E-state index in [1.165, 1.54) is 23.5 Å². The summed E-state index contributed by atoms with van der Waals surface area (Å²) in [5, 5.41) is 0. The van der Waals surface area contributed by atoms with Crippen LogP contribution in [0.2, 0.25) is 0 Å². The molecule has 1 rings (SSSR count). The number of thiocarbonyl (C=S) groups is 1. The lowest BCUT2D eigenvalue weighted by atomic mass is 10.1. The van der Waals surface area contributed by atoms with E-state index in [0.717, 1.165) is 0 Å². The fraction of sp³-hybridized carbons (Fsp3) is 0.417. The van der Waals surface area contributed by atoms with Gasteiger partial charge in [-0.05, 0) is 37.1 Å². The van der Waals surface area contributed by atoms with Crippen LogP contribution in [0.3, 0.4) is 0 Å². The molecule has 19 heavy (non-hydrogen) atoms. The second-order valence-electron chi connectivity index (χ2n) is 4.41. The topological polar surface area (TPSA) is 63.4 Å². The first-order chi connectivity index (χ1) is 8.66. The van der Waals surface area contributed by atoms with E-state index < -0.39 is 15.8 Å². The van der Waals surface area contributed by atoms with Crippen molar-refractivity contribution in [2.75, 3.05) is 13.6 Å². The summed E-state index contributed by atoms with van der Waals surface area (Å²) in [6.07, 6.45) is 0.310. The van der Waals surface area contributed by atoms with Crippen molar-refractivity contribution in [2.24, 2.45) is 5.73 Å². The third-order valence-corrected chi connectivity index (χ3v) is 5.13. The van der Waals surface area contributed by atoms with E-state index in [0.29, 0.717) is 17.5 Å². The lowest BCUT2D eigenvalue weighted by Gasteiger charge is -2.19. The van der Waals surface area contributed by atoms with Gasteiger partial charge in [-0.25, -0.2) is 17.1 Å². The molecule has 1 aromatic carbocycles. The molecule has 0 spiro atoms. The average Bonchev–Trinajstić information content (AvgIpc) is 2.23. The zero-order valence-corrected chi connectivity index (χ0v) is 12.7. The first-order valence-corrected chi connectivity index (χ1v) is 7.52. The Bertz CT molecular complexity index is 577. The first kappa shape index (κ1) is 16.0. The van der Waals surface area contributed by atoms with Crippen LogP contribution in [0.25, 0.3) is 0 Å². The lowest BCUT2D eigenvalue weighted by Crippen LogP contribution is -2.31. The van der Waals surface area contributed by atoms with Gasteiger partial charge in [-0.15, -0.1) is 0 Å². The van der Waals surface area contributed by atoms with E-state index in [1.807, 2.05) is 0 Å². The highest BCUT2D eigenvalue weighted by molar-refractivity contribution is 7.89. The molecule has 0 aliphatic heterocycles. The van der Waals surface area contributed by atoms with Gasteiger partial charge in [0, 0.05) is 20.0 Å². The molecule has 0 atom stereocenters. The number of aryl methyl sites for hydroxylation is 2. The van der Waals surface area contributed by atoms with E-state index in [9.17, 15) is 12.8 Å². The maximum Gasteiger partial charge on any atom is 0.243 e. The summed E-state index contributed by atoms with van der Waals surface area (Å²) < 4.78 is 39.2. The highest BCUT2D eigenvalue weighted by Gasteiger charge is 2.25. The number of nitrogens with zero attached hydrogens (tertiary/aromatic N) is 1. The monoisotopic (exact) mass is 304 g/mol. The van der Waals surface area contributed by atoms with Gasteiger partial charge in [0.2, 0.25) is 10.0 Å². The Morgan fingerprint density at radius 2 is 1.84 bits per heavy atom. The van der Waals surface area contributed by atoms with Gasteiger partial charge < -0.3 is 5.73 Å². The molecule has 2 N–H and O–H groups in total. The predicted molar refractivity (Wildman–Crippen MR) is 77.1 cm³/mol. The van der Waals surface area contributed by atoms with Gasteiger partial charge >= 0.3 is 0 Å². The Kier molecular flexibility index (Phi) is 5.00. The van der Waals surface area contributed by atoms with Crippen LogP contribution in [0.1, 0.15) is 17.5 Å². The zero-order chi connectivity index (χ0) is 14.8.